The molecular formula is C22H22ClFN2O2S. The number of nitrogens with two attached hydrogens (primary N) is 1. The van der Waals surface area contributed by atoms with Crippen molar-refractivity contribution >= 4 is 44.7 Å². The number of rotatable bonds is 4. The zero-order valence-corrected chi connectivity index (χ0v) is 18.0. The highest BCUT2D eigenvalue weighted by Crippen LogP contribution is 2.42. The molecule has 0 saturated carbocycles. The van der Waals surface area contributed by atoms with Gasteiger partial charge in [-0.15, -0.1) is 23.7 Å². The second-order valence-electron chi connectivity index (χ2n) is 7.01. The van der Waals surface area contributed by atoms with E-state index in [-0.39, 0.29) is 29.7 Å². The quantitative estimate of drug-likeness (QED) is 0.456. The first kappa shape index (κ1) is 21.3. The fraction of sp³-hybridized carbons (Fsp3) is 0.227. The average molecular weight is 433 g/mol. The van der Waals surface area contributed by atoms with E-state index >= 15 is 0 Å². The minimum Gasteiger partial charge on any atom is -0.496 e. The SMILES string of the molecule is COc1cc(C)c2[nH]c(=O)c3sccc3c2c1-c1ccc([C@H](C)CN)c(F)c1.Cl. The topological polar surface area (TPSA) is 68.1 Å². The highest BCUT2D eigenvalue weighted by molar-refractivity contribution is 7.17. The van der Waals surface area contributed by atoms with Gasteiger partial charge in [0.2, 0.25) is 0 Å². The third-order valence-electron chi connectivity index (χ3n) is 5.26. The monoisotopic (exact) mass is 432 g/mol. The Labute approximate surface area is 177 Å². The second kappa shape index (κ2) is 8.14. The number of aryl methyl sites for hydroxylation is 1. The van der Waals surface area contributed by atoms with Gasteiger partial charge in [0.25, 0.3) is 5.56 Å². The molecule has 2 heterocycles. The number of fused-ring (bicyclic) bond motifs is 3. The zero-order chi connectivity index (χ0) is 20.0. The average Bonchev–Trinajstić information content (AvgIpc) is 3.18. The van der Waals surface area contributed by atoms with Crippen LogP contribution in [-0.4, -0.2) is 18.6 Å². The summed E-state index contributed by atoms with van der Waals surface area (Å²) in [4.78, 5) is 15.5. The van der Waals surface area contributed by atoms with Gasteiger partial charge < -0.3 is 15.5 Å². The van der Waals surface area contributed by atoms with Crippen LogP contribution in [0, 0.1) is 12.7 Å². The summed E-state index contributed by atoms with van der Waals surface area (Å²) in [5, 5.41) is 3.61. The number of hydrogen-bond acceptors (Lipinski definition) is 4. The standard InChI is InChI=1S/C22H21FN2O2S.ClH/c1-11-8-17(27-3)18(13-4-5-14(12(2)10-24)16(23)9-13)19-15-6-7-28-21(15)22(26)25-20(11)19;/h4-9,12H,10,24H2,1-3H3,(H,25,26);1H/t12-;/m1./s1. The lowest BCUT2D eigenvalue weighted by Gasteiger charge is -2.17. The van der Waals surface area contributed by atoms with Gasteiger partial charge in [-0.3, -0.25) is 4.79 Å². The molecule has 0 radical (unpaired) electrons. The summed E-state index contributed by atoms with van der Waals surface area (Å²) in [6, 6.07) is 9.00. The van der Waals surface area contributed by atoms with Crippen LogP contribution in [0.5, 0.6) is 5.75 Å². The molecule has 2 aromatic carbocycles. The van der Waals surface area contributed by atoms with E-state index in [0.717, 1.165) is 27.4 Å². The number of H-pyrrole nitrogens is 1. The van der Waals surface area contributed by atoms with Crippen molar-refractivity contribution in [1.82, 2.24) is 4.98 Å². The van der Waals surface area contributed by atoms with Crippen molar-refractivity contribution in [2.75, 3.05) is 13.7 Å². The maximum absolute atomic E-state index is 14.9. The van der Waals surface area contributed by atoms with Crippen molar-refractivity contribution in [3.63, 3.8) is 0 Å². The Bertz CT molecular complexity index is 1270. The summed E-state index contributed by atoms with van der Waals surface area (Å²) in [5.41, 5.74) is 9.29. The molecular weight excluding hydrogens is 411 g/mol. The Kier molecular flexibility index (Phi) is 5.98. The first-order chi connectivity index (χ1) is 13.5. The molecule has 0 aliphatic rings. The number of aromatic amines is 1. The van der Waals surface area contributed by atoms with Crippen molar-refractivity contribution in [3.05, 3.63) is 63.0 Å². The van der Waals surface area contributed by atoms with Gasteiger partial charge in [-0.05, 0) is 59.7 Å². The minimum atomic E-state index is -0.294. The molecule has 0 saturated heterocycles. The van der Waals surface area contributed by atoms with E-state index in [0.29, 0.717) is 28.1 Å². The van der Waals surface area contributed by atoms with E-state index in [4.69, 9.17) is 10.5 Å². The Morgan fingerprint density at radius 3 is 2.69 bits per heavy atom. The van der Waals surface area contributed by atoms with Gasteiger partial charge in [-0.2, -0.15) is 0 Å². The molecule has 3 N–H and O–H groups in total. The number of hydrogen-bond donors (Lipinski definition) is 2. The van der Waals surface area contributed by atoms with E-state index in [2.05, 4.69) is 4.98 Å². The summed E-state index contributed by atoms with van der Waals surface area (Å²) in [5.74, 6) is 0.284. The third-order valence-corrected chi connectivity index (χ3v) is 6.17. The highest BCUT2D eigenvalue weighted by atomic mass is 35.5. The molecule has 0 aliphatic heterocycles. The fourth-order valence-electron chi connectivity index (χ4n) is 3.73. The maximum Gasteiger partial charge on any atom is 0.266 e. The van der Waals surface area contributed by atoms with Gasteiger partial charge in [-0.25, -0.2) is 4.39 Å². The zero-order valence-electron chi connectivity index (χ0n) is 16.3. The first-order valence-corrected chi connectivity index (χ1v) is 9.94. The first-order valence-electron chi connectivity index (χ1n) is 9.07. The number of aromatic nitrogens is 1. The number of benzene rings is 2. The summed E-state index contributed by atoms with van der Waals surface area (Å²) >= 11 is 1.39. The Hall–Kier alpha value is -2.41. The number of thiophene rings is 1. The molecule has 4 aromatic rings. The summed E-state index contributed by atoms with van der Waals surface area (Å²) in [6.45, 7) is 4.21. The maximum atomic E-state index is 14.9. The van der Waals surface area contributed by atoms with E-state index in [1.807, 2.05) is 37.4 Å². The number of pyridine rings is 1. The molecule has 1 atom stereocenters. The molecule has 2 aromatic heterocycles. The Morgan fingerprint density at radius 1 is 1.28 bits per heavy atom. The normalized spacial score (nSPS) is 12.2. The van der Waals surface area contributed by atoms with Crippen molar-refractivity contribution in [1.29, 1.82) is 0 Å². The predicted molar refractivity (Wildman–Crippen MR) is 121 cm³/mol. The van der Waals surface area contributed by atoms with Crippen LogP contribution in [0.15, 0.2) is 40.5 Å². The molecule has 0 spiro atoms. The van der Waals surface area contributed by atoms with Gasteiger partial charge in [0.05, 0.1) is 12.6 Å². The van der Waals surface area contributed by atoms with Gasteiger partial charge in [-0.1, -0.05) is 19.1 Å². The van der Waals surface area contributed by atoms with Crippen LogP contribution < -0.4 is 16.0 Å². The third kappa shape index (κ3) is 3.41. The van der Waals surface area contributed by atoms with E-state index in [9.17, 15) is 9.18 Å². The van der Waals surface area contributed by atoms with E-state index < -0.39 is 0 Å². The summed E-state index contributed by atoms with van der Waals surface area (Å²) in [6.07, 6.45) is 0. The lowest BCUT2D eigenvalue weighted by molar-refractivity contribution is 0.416. The molecule has 4 rings (SSSR count). The molecule has 0 unspecified atom stereocenters. The van der Waals surface area contributed by atoms with Crippen LogP contribution in [0.4, 0.5) is 4.39 Å². The van der Waals surface area contributed by atoms with Crippen molar-refractivity contribution in [2.45, 2.75) is 19.8 Å². The van der Waals surface area contributed by atoms with Crippen LogP contribution in [0.3, 0.4) is 0 Å². The lowest BCUT2D eigenvalue weighted by atomic mass is 9.92. The lowest BCUT2D eigenvalue weighted by Crippen LogP contribution is -2.10. The van der Waals surface area contributed by atoms with E-state index in [1.54, 1.807) is 13.2 Å². The van der Waals surface area contributed by atoms with Crippen LogP contribution >= 0.6 is 23.7 Å². The van der Waals surface area contributed by atoms with Crippen LogP contribution in [0.2, 0.25) is 0 Å². The van der Waals surface area contributed by atoms with Crippen molar-refractivity contribution in [3.8, 4) is 16.9 Å². The van der Waals surface area contributed by atoms with Gasteiger partial charge in [0.1, 0.15) is 16.3 Å². The van der Waals surface area contributed by atoms with Crippen molar-refractivity contribution in [2.24, 2.45) is 5.73 Å². The fourth-order valence-corrected chi connectivity index (χ4v) is 4.52. The largest absolute Gasteiger partial charge is 0.496 e. The van der Waals surface area contributed by atoms with Crippen LogP contribution in [0.25, 0.3) is 32.1 Å². The molecule has 29 heavy (non-hydrogen) atoms. The van der Waals surface area contributed by atoms with E-state index in [1.165, 1.54) is 17.4 Å². The predicted octanol–water partition coefficient (Wildman–Crippen LogP) is 5.35. The minimum absolute atomic E-state index is 0. The number of halogens is 2. The Balaban J connectivity index is 0.00000240. The second-order valence-corrected chi connectivity index (χ2v) is 7.93. The molecule has 0 fully saturated rings. The smallest absolute Gasteiger partial charge is 0.266 e. The number of ether oxygens (including phenoxy) is 1. The number of nitrogens with one attached hydrogen (secondary N) is 1. The molecule has 4 nitrogen and oxygen atoms in total. The molecule has 0 amide bonds. The van der Waals surface area contributed by atoms with Crippen LogP contribution in [-0.2, 0) is 0 Å². The highest BCUT2D eigenvalue weighted by Gasteiger charge is 2.20. The van der Waals surface area contributed by atoms with Gasteiger partial charge in [0.15, 0.2) is 0 Å². The van der Waals surface area contributed by atoms with Gasteiger partial charge >= 0.3 is 0 Å². The van der Waals surface area contributed by atoms with Crippen LogP contribution in [0.1, 0.15) is 24.0 Å². The molecule has 7 heteroatoms. The number of methoxy groups -OCH3 is 1. The summed E-state index contributed by atoms with van der Waals surface area (Å²) < 4.78 is 21.2. The summed E-state index contributed by atoms with van der Waals surface area (Å²) in [7, 11) is 1.60. The molecule has 152 valence electrons. The van der Waals surface area contributed by atoms with Gasteiger partial charge in [0, 0.05) is 16.3 Å². The van der Waals surface area contributed by atoms with Crippen molar-refractivity contribution < 1.29 is 9.13 Å². The molecule has 0 aliphatic carbocycles. The molecule has 0 bridgehead atoms. The Morgan fingerprint density at radius 2 is 2.03 bits per heavy atom.